The summed E-state index contributed by atoms with van der Waals surface area (Å²) in [7, 11) is 0. The van der Waals surface area contributed by atoms with Gasteiger partial charge in [-0.15, -0.1) is 0 Å². The Hall–Kier alpha value is -0.760. The Labute approximate surface area is 134 Å². The highest BCUT2D eigenvalue weighted by molar-refractivity contribution is 4.86. The van der Waals surface area contributed by atoms with E-state index in [1.165, 1.54) is 0 Å². The summed E-state index contributed by atoms with van der Waals surface area (Å²) in [4.78, 5) is 11.4. The summed E-state index contributed by atoms with van der Waals surface area (Å²) < 4.78 is 0. The van der Waals surface area contributed by atoms with Crippen molar-refractivity contribution in [3.05, 3.63) is 10.1 Å². The normalized spacial score (nSPS) is 32.1. The molecular weight excluding hydrogens is 282 g/mol. The zero-order chi connectivity index (χ0) is 16.6. The van der Waals surface area contributed by atoms with Crippen LogP contribution in [0.3, 0.4) is 0 Å². The molecule has 7 nitrogen and oxygen atoms in total. The van der Waals surface area contributed by atoms with Gasteiger partial charge in [0.05, 0.1) is 13.1 Å². The van der Waals surface area contributed by atoms with E-state index in [0.717, 1.165) is 32.6 Å². The fourth-order valence-electron chi connectivity index (χ4n) is 3.02. The Kier molecular flexibility index (Phi) is 7.68. The van der Waals surface area contributed by atoms with Crippen molar-refractivity contribution < 1.29 is 4.92 Å². The molecule has 1 fully saturated rings. The summed E-state index contributed by atoms with van der Waals surface area (Å²) in [6, 6.07) is 0.409. The molecule has 2 atom stereocenters. The summed E-state index contributed by atoms with van der Waals surface area (Å²) in [6.07, 6.45) is 1.56. The van der Waals surface area contributed by atoms with Gasteiger partial charge in [0.1, 0.15) is 0 Å². The van der Waals surface area contributed by atoms with Gasteiger partial charge in [-0.05, 0) is 27.2 Å². The fraction of sp³-hybridized carbons (Fsp3) is 1.00. The zero-order valence-corrected chi connectivity index (χ0v) is 14.5. The van der Waals surface area contributed by atoms with Gasteiger partial charge in [-0.2, -0.15) is 0 Å². The van der Waals surface area contributed by atoms with Gasteiger partial charge >= 0.3 is 0 Å². The van der Waals surface area contributed by atoms with E-state index in [-0.39, 0.29) is 10.5 Å². The maximum Gasteiger partial charge on any atom is 0.246 e. The summed E-state index contributed by atoms with van der Waals surface area (Å²) in [5, 5.41) is 25.0. The Morgan fingerprint density at radius 3 is 2.27 bits per heavy atom. The van der Waals surface area contributed by atoms with Crippen molar-refractivity contribution in [3.63, 3.8) is 0 Å². The van der Waals surface area contributed by atoms with E-state index < -0.39 is 5.54 Å². The summed E-state index contributed by atoms with van der Waals surface area (Å²) in [6.45, 7) is 12.4. The Morgan fingerprint density at radius 2 is 1.73 bits per heavy atom. The lowest BCUT2D eigenvalue weighted by atomic mass is 9.95. The molecule has 1 rings (SSSR count). The summed E-state index contributed by atoms with van der Waals surface area (Å²) in [5.41, 5.74) is -0.873. The third kappa shape index (κ3) is 6.16. The average molecular weight is 315 g/mol. The number of hydrogen-bond donors (Lipinski definition) is 4. The molecule has 0 radical (unpaired) electrons. The lowest BCUT2D eigenvalue weighted by molar-refractivity contribution is -0.566. The van der Waals surface area contributed by atoms with E-state index >= 15 is 0 Å². The van der Waals surface area contributed by atoms with Crippen LogP contribution in [0.25, 0.3) is 0 Å². The molecule has 1 saturated heterocycles. The molecule has 130 valence electrons. The van der Waals surface area contributed by atoms with Crippen molar-refractivity contribution in [3.8, 4) is 0 Å². The van der Waals surface area contributed by atoms with E-state index in [0.29, 0.717) is 25.6 Å². The van der Waals surface area contributed by atoms with Crippen LogP contribution in [0.5, 0.6) is 0 Å². The molecule has 0 saturated carbocycles. The predicted molar refractivity (Wildman–Crippen MR) is 89.9 cm³/mol. The summed E-state index contributed by atoms with van der Waals surface area (Å²) in [5.74, 6) is 0. The molecule has 0 spiro atoms. The van der Waals surface area contributed by atoms with Crippen LogP contribution in [-0.4, -0.2) is 61.3 Å². The molecule has 7 heteroatoms. The number of nitrogens with one attached hydrogen (secondary N) is 4. The molecule has 0 amide bonds. The van der Waals surface area contributed by atoms with Gasteiger partial charge < -0.3 is 21.3 Å². The number of nitro groups is 1. The second kappa shape index (κ2) is 8.76. The van der Waals surface area contributed by atoms with Crippen LogP contribution in [0.1, 0.15) is 40.5 Å². The molecule has 0 bridgehead atoms. The molecule has 22 heavy (non-hydrogen) atoms. The van der Waals surface area contributed by atoms with Crippen LogP contribution in [-0.2, 0) is 0 Å². The van der Waals surface area contributed by atoms with E-state index in [4.69, 9.17) is 0 Å². The smallest absolute Gasteiger partial charge is 0.246 e. The van der Waals surface area contributed by atoms with E-state index in [9.17, 15) is 10.1 Å². The van der Waals surface area contributed by atoms with Crippen LogP contribution in [0.15, 0.2) is 0 Å². The van der Waals surface area contributed by atoms with E-state index in [1.54, 1.807) is 0 Å². The van der Waals surface area contributed by atoms with Gasteiger partial charge in [-0.25, -0.2) is 0 Å². The highest BCUT2D eigenvalue weighted by Crippen LogP contribution is 2.14. The van der Waals surface area contributed by atoms with Crippen LogP contribution in [0, 0.1) is 10.1 Å². The molecule has 1 aliphatic heterocycles. The lowest BCUT2D eigenvalue weighted by Crippen LogP contribution is -2.56. The predicted octanol–water partition coefficient (Wildman–Crippen LogP) is 0.341. The van der Waals surface area contributed by atoms with Crippen LogP contribution >= 0.6 is 0 Å². The first-order valence-corrected chi connectivity index (χ1v) is 8.36. The second-order valence-electron chi connectivity index (χ2n) is 7.06. The van der Waals surface area contributed by atoms with E-state index in [1.807, 2.05) is 6.92 Å². The standard InChI is InChI=1S/C15H33N5O2/c1-5-15(20(21)22)11-16-6-8-18-13(2)10-14(3,4)19-9-7-17-12-15/h13,16-19H,5-12H2,1-4H3. The molecule has 1 heterocycles. The molecule has 0 aromatic heterocycles. The Morgan fingerprint density at radius 1 is 1.14 bits per heavy atom. The number of rotatable bonds is 2. The molecule has 2 unspecified atom stereocenters. The highest BCUT2D eigenvalue weighted by atomic mass is 16.6. The van der Waals surface area contributed by atoms with Gasteiger partial charge in [-0.1, -0.05) is 6.92 Å². The van der Waals surface area contributed by atoms with Gasteiger partial charge in [0.25, 0.3) is 0 Å². The van der Waals surface area contributed by atoms with Crippen molar-refractivity contribution in [2.75, 3.05) is 39.3 Å². The van der Waals surface area contributed by atoms with Gasteiger partial charge in [0.15, 0.2) is 0 Å². The second-order valence-corrected chi connectivity index (χ2v) is 7.06. The molecule has 0 aromatic rings. The van der Waals surface area contributed by atoms with Crippen molar-refractivity contribution in [2.24, 2.45) is 0 Å². The van der Waals surface area contributed by atoms with Crippen LogP contribution in [0.2, 0.25) is 0 Å². The molecular formula is C15H33N5O2. The minimum absolute atomic E-state index is 0.0522. The fourth-order valence-corrected chi connectivity index (χ4v) is 3.02. The SMILES string of the molecule is CCC1([N+](=O)[O-])CNCCNC(C)CC(C)(C)NCCNC1. The minimum Gasteiger partial charge on any atom is -0.313 e. The first-order chi connectivity index (χ1) is 10.3. The van der Waals surface area contributed by atoms with Crippen molar-refractivity contribution in [1.29, 1.82) is 0 Å². The Bertz CT molecular complexity index is 351. The third-order valence-corrected chi connectivity index (χ3v) is 4.47. The molecule has 0 aromatic carbocycles. The van der Waals surface area contributed by atoms with Crippen molar-refractivity contribution >= 4 is 0 Å². The lowest BCUT2D eigenvalue weighted by Gasteiger charge is -2.31. The van der Waals surface area contributed by atoms with Gasteiger partial charge in [-0.3, -0.25) is 10.1 Å². The maximum atomic E-state index is 11.5. The van der Waals surface area contributed by atoms with Crippen LogP contribution < -0.4 is 21.3 Å². The first-order valence-electron chi connectivity index (χ1n) is 8.36. The molecule has 1 aliphatic rings. The summed E-state index contributed by atoms with van der Waals surface area (Å²) >= 11 is 0. The van der Waals surface area contributed by atoms with E-state index in [2.05, 4.69) is 42.0 Å². The third-order valence-electron chi connectivity index (χ3n) is 4.47. The average Bonchev–Trinajstić information content (AvgIpc) is 2.42. The number of nitrogens with zero attached hydrogens (tertiary/aromatic N) is 1. The van der Waals surface area contributed by atoms with Crippen molar-refractivity contribution in [1.82, 2.24) is 21.3 Å². The minimum atomic E-state index is -0.925. The first kappa shape index (κ1) is 19.3. The monoisotopic (exact) mass is 315 g/mol. The topological polar surface area (TPSA) is 91.3 Å². The van der Waals surface area contributed by atoms with Gasteiger partial charge in [0, 0.05) is 49.1 Å². The molecule has 4 N–H and O–H groups in total. The highest BCUT2D eigenvalue weighted by Gasteiger charge is 2.40. The number of hydrogen-bond acceptors (Lipinski definition) is 6. The zero-order valence-electron chi connectivity index (χ0n) is 14.5. The largest absolute Gasteiger partial charge is 0.313 e. The van der Waals surface area contributed by atoms with Crippen LogP contribution in [0.4, 0.5) is 0 Å². The maximum absolute atomic E-state index is 11.5. The molecule has 0 aliphatic carbocycles. The Balaban J connectivity index is 2.67. The van der Waals surface area contributed by atoms with Gasteiger partial charge in [0.2, 0.25) is 5.54 Å². The van der Waals surface area contributed by atoms with Crippen molar-refractivity contribution in [2.45, 2.75) is 57.7 Å². The quantitative estimate of drug-likeness (QED) is 0.434.